The molecule has 0 bridgehead atoms. The number of hydrogen-bond acceptors (Lipinski definition) is 1. The summed E-state index contributed by atoms with van der Waals surface area (Å²) in [6.45, 7) is 0. The molecule has 0 amide bonds. The van der Waals surface area contributed by atoms with Crippen molar-refractivity contribution in [3.8, 4) is 0 Å². The third-order valence-corrected chi connectivity index (χ3v) is 0. The van der Waals surface area contributed by atoms with Crippen LogP contribution in [0, 0.1) is 0 Å². The standard InChI is InChI=1S/CH2S3.S/c2-1(3)4;/h(H2,2,3,4);. The van der Waals surface area contributed by atoms with E-state index >= 15 is 0 Å². The Bertz CT molecular complexity index is 26.6. The molecule has 5 heavy (non-hydrogen) atoms. The van der Waals surface area contributed by atoms with E-state index in [1.165, 1.54) is 0 Å². The van der Waals surface area contributed by atoms with Crippen molar-refractivity contribution in [1.82, 2.24) is 0 Å². The van der Waals surface area contributed by atoms with E-state index in [4.69, 9.17) is 0 Å². The fraction of sp³-hybridized carbons (Fsp3) is 0. The van der Waals surface area contributed by atoms with Crippen molar-refractivity contribution in [1.29, 1.82) is 0 Å². The highest BCUT2D eigenvalue weighted by molar-refractivity contribution is 8.34. The minimum absolute atomic E-state index is 0. The molecule has 0 N–H and O–H groups in total. The van der Waals surface area contributed by atoms with E-state index in [9.17, 15) is 0 Å². The van der Waals surface area contributed by atoms with Gasteiger partial charge in [0.1, 0.15) is 0 Å². The first-order valence-corrected chi connectivity index (χ1v) is 1.95. The molecule has 0 unspecified atom stereocenters. The highest BCUT2D eigenvalue weighted by Gasteiger charge is 1.58. The van der Waals surface area contributed by atoms with Crippen molar-refractivity contribution < 1.29 is 0 Å². The first-order valence-electron chi connectivity index (χ1n) is 0.651. The summed E-state index contributed by atoms with van der Waals surface area (Å²) in [6.07, 6.45) is 0. The van der Waals surface area contributed by atoms with Gasteiger partial charge in [-0.15, -0.1) is 25.3 Å². The predicted octanol–water partition coefficient (Wildman–Crippen LogP) is 1.78. The summed E-state index contributed by atoms with van der Waals surface area (Å²) in [7, 11) is 0. The summed E-state index contributed by atoms with van der Waals surface area (Å²) < 4.78 is 0.389. The van der Waals surface area contributed by atoms with E-state index in [1.807, 2.05) is 0 Å². The third kappa shape index (κ3) is 39.0. The molecule has 0 atom stereocenters. The Hall–Kier alpha value is 1.14. The highest BCUT2D eigenvalue weighted by Crippen LogP contribution is 1.83. The molecule has 0 saturated carbocycles. The van der Waals surface area contributed by atoms with Gasteiger partial charge in [0, 0.05) is 13.5 Å². The van der Waals surface area contributed by atoms with Crippen LogP contribution in [-0.4, -0.2) is 3.53 Å². The first kappa shape index (κ1) is 9.46. The van der Waals surface area contributed by atoms with Gasteiger partial charge in [-0.2, -0.15) is 0 Å². The van der Waals surface area contributed by atoms with Crippen molar-refractivity contribution in [2.45, 2.75) is 0 Å². The first-order chi connectivity index (χ1) is 1.73. The van der Waals surface area contributed by atoms with Crippen LogP contribution in [0.3, 0.4) is 0 Å². The second kappa shape index (κ2) is 5.14. The van der Waals surface area contributed by atoms with Crippen molar-refractivity contribution in [3.05, 3.63) is 0 Å². The Kier molecular flexibility index (Phi) is 9.73. The molecule has 0 rings (SSSR count). The highest BCUT2D eigenvalue weighted by atomic mass is 32.2. The van der Waals surface area contributed by atoms with E-state index in [-0.39, 0.29) is 13.5 Å². The van der Waals surface area contributed by atoms with Crippen LogP contribution in [0.2, 0.25) is 0 Å². The van der Waals surface area contributed by atoms with Crippen LogP contribution in [0.5, 0.6) is 0 Å². The lowest BCUT2D eigenvalue weighted by Crippen LogP contribution is -1.46. The summed E-state index contributed by atoms with van der Waals surface area (Å²) in [4.78, 5) is 0. The molecule has 0 aliphatic rings. The van der Waals surface area contributed by atoms with Crippen LogP contribution in [0.4, 0.5) is 0 Å². The minimum Gasteiger partial charge on any atom is -0.125 e. The van der Waals surface area contributed by atoms with Crippen LogP contribution in [0.15, 0.2) is 0 Å². The lowest BCUT2D eigenvalue weighted by molar-refractivity contribution is 4.26. The molecular formula is CH2S4. The zero-order valence-corrected chi connectivity index (χ0v) is 5.63. The summed E-state index contributed by atoms with van der Waals surface area (Å²) >= 11 is 11.4. The maximum absolute atomic E-state index is 4.27. The van der Waals surface area contributed by atoms with E-state index in [2.05, 4.69) is 37.5 Å². The number of thiol groups is 2. The second-order valence-corrected chi connectivity index (χ2v) is 2.54. The summed E-state index contributed by atoms with van der Waals surface area (Å²) in [5.74, 6) is 0. The quantitative estimate of drug-likeness (QED) is 0.384. The largest absolute Gasteiger partial charge is 0.125 e. The molecule has 0 aliphatic heterocycles. The normalized spacial score (nSPS) is 5.20. The lowest BCUT2D eigenvalue weighted by Gasteiger charge is -1.59. The fourth-order valence-corrected chi connectivity index (χ4v) is 0. The Morgan fingerprint density at radius 1 is 1.40 bits per heavy atom. The molecule has 0 fully saturated rings. The predicted molar refractivity (Wildman–Crippen MR) is 38.2 cm³/mol. The summed E-state index contributed by atoms with van der Waals surface area (Å²) in [5, 5.41) is 0. The number of thiocarbonyl (C=S) groups is 1. The van der Waals surface area contributed by atoms with E-state index < -0.39 is 0 Å². The molecule has 0 aromatic rings. The van der Waals surface area contributed by atoms with Gasteiger partial charge in [0.15, 0.2) is 0 Å². The minimum atomic E-state index is 0. The molecule has 4 heteroatoms. The SMILES string of the molecule is S=C(S)S.[S]. The average Bonchev–Trinajstić information content (AvgIpc) is 0.811. The molecule has 0 spiro atoms. The van der Waals surface area contributed by atoms with Gasteiger partial charge in [-0.3, -0.25) is 0 Å². The third-order valence-electron chi connectivity index (χ3n) is 0. The van der Waals surface area contributed by atoms with Gasteiger partial charge in [0.25, 0.3) is 0 Å². The molecule has 0 aromatic heterocycles. The van der Waals surface area contributed by atoms with Gasteiger partial charge in [-0.25, -0.2) is 0 Å². The monoisotopic (exact) mass is 142 g/mol. The van der Waals surface area contributed by atoms with E-state index in [0.717, 1.165) is 0 Å². The van der Waals surface area contributed by atoms with Crippen molar-refractivity contribution >= 4 is 54.5 Å². The van der Waals surface area contributed by atoms with Crippen LogP contribution in [0.25, 0.3) is 0 Å². The van der Waals surface area contributed by atoms with E-state index in [0.29, 0.717) is 3.53 Å². The van der Waals surface area contributed by atoms with Gasteiger partial charge in [-0.1, -0.05) is 12.2 Å². The van der Waals surface area contributed by atoms with Crippen molar-refractivity contribution in [2.24, 2.45) is 0 Å². The van der Waals surface area contributed by atoms with Gasteiger partial charge < -0.3 is 0 Å². The van der Waals surface area contributed by atoms with Crippen LogP contribution >= 0.6 is 51.0 Å². The maximum Gasteiger partial charge on any atom is 0.0976 e. The van der Waals surface area contributed by atoms with Gasteiger partial charge >= 0.3 is 0 Å². The molecule has 2 radical (unpaired) electrons. The van der Waals surface area contributed by atoms with Gasteiger partial charge in [0.2, 0.25) is 0 Å². The fourth-order valence-electron chi connectivity index (χ4n) is 0. The Balaban J connectivity index is 0. The number of rotatable bonds is 0. The Labute approximate surface area is 54.6 Å². The van der Waals surface area contributed by atoms with E-state index in [1.54, 1.807) is 0 Å². The molecule has 30 valence electrons. The van der Waals surface area contributed by atoms with Gasteiger partial charge in [-0.05, 0) is 0 Å². The van der Waals surface area contributed by atoms with Crippen LogP contribution in [0.1, 0.15) is 0 Å². The lowest BCUT2D eigenvalue weighted by atomic mass is 11.9. The Morgan fingerprint density at radius 2 is 1.40 bits per heavy atom. The molecule has 0 nitrogen and oxygen atoms in total. The topological polar surface area (TPSA) is 0 Å². The molecule has 0 aliphatic carbocycles. The summed E-state index contributed by atoms with van der Waals surface area (Å²) in [6, 6.07) is 0. The molecule has 0 heterocycles. The zero-order valence-electron chi connectivity index (χ0n) is 2.21. The van der Waals surface area contributed by atoms with Crippen LogP contribution < -0.4 is 0 Å². The van der Waals surface area contributed by atoms with Crippen molar-refractivity contribution in [3.63, 3.8) is 0 Å². The number of hydrogen-bond donors (Lipinski definition) is 2. The smallest absolute Gasteiger partial charge is 0.0976 e. The molecule has 0 aromatic carbocycles. The maximum atomic E-state index is 4.27. The zero-order chi connectivity index (χ0) is 3.58. The molecule has 0 saturated heterocycles. The average molecular weight is 142 g/mol. The molecular weight excluding hydrogens is 140 g/mol. The second-order valence-electron chi connectivity index (χ2n) is 0.283. The van der Waals surface area contributed by atoms with Crippen molar-refractivity contribution in [2.75, 3.05) is 0 Å². The van der Waals surface area contributed by atoms with Crippen LogP contribution in [-0.2, 0) is 0 Å². The Morgan fingerprint density at radius 3 is 1.40 bits per heavy atom. The van der Waals surface area contributed by atoms with Gasteiger partial charge in [0.05, 0.1) is 3.53 Å². The summed E-state index contributed by atoms with van der Waals surface area (Å²) in [5.41, 5.74) is 0.